The lowest BCUT2D eigenvalue weighted by atomic mass is 9.84. The van der Waals surface area contributed by atoms with Crippen LogP contribution in [0.4, 0.5) is 5.69 Å². The minimum Gasteiger partial charge on any atom is -0.355 e. The Labute approximate surface area is 249 Å². The van der Waals surface area contributed by atoms with Gasteiger partial charge in [-0.05, 0) is 60.9 Å². The second-order valence-electron chi connectivity index (χ2n) is 12.3. The van der Waals surface area contributed by atoms with Gasteiger partial charge in [0.15, 0.2) is 0 Å². The first-order valence-electron chi connectivity index (χ1n) is 14.5. The zero-order valence-corrected chi connectivity index (χ0v) is 25.9. The van der Waals surface area contributed by atoms with Gasteiger partial charge in [-0.1, -0.05) is 51.1 Å². The van der Waals surface area contributed by atoms with Crippen molar-refractivity contribution in [1.29, 1.82) is 0 Å². The molecule has 2 fully saturated rings. The first-order valence-corrected chi connectivity index (χ1v) is 16.4. The lowest BCUT2D eigenvalue weighted by Gasteiger charge is -2.43. The number of likely N-dealkylation sites (tertiary alicyclic amines) is 1. The number of carbonyl (C=O) groups is 3. The maximum Gasteiger partial charge on any atom is 0.253 e. The van der Waals surface area contributed by atoms with Crippen LogP contribution in [0.5, 0.6) is 0 Å². The first-order chi connectivity index (χ1) is 19.8. The third kappa shape index (κ3) is 7.49. The molecule has 4 rings (SSSR count). The lowest BCUT2D eigenvalue weighted by Crippen LogP contribution is -2.57. The molecule has 2 heterocycles. The Morgan fingerprint density at radius 1 is 0.929 bits per heavy atom. The van der Waals surface area contributed by atoms with E-state index < -0.39 is 15.6 Å². The van der Waals surface area contributed by atoms with Gasteiger partial charge in [-0.3, -0.25) is 14.4 Å². The van der Waals surface area contributed by atoms with Crippen LogP contribution in [0.15, 0.2) is 54.6 Å². The summed E-state index contributed by atoms with van der Waals surface area (Å²) < 4.78 is 24.8. The summed E-state index contributed by atoms with van der Waals surface area (Å²) in [6, 6.07) is 17.5. The van der Waals surface area contributed by atoms with E-state index in [1.54, 1.807) is 4.90 Å². The van der Waals surface area contributed by atoms with Crippen molar-refractivity contribution < 1.29 is 22.8 Å². The Bertz CT molecular complexity index is 1360. The van der Waals surface area contributed by atoms with E-state index >= 15 is 0 Å². The Balaban J connectivity index is 1.39. The van der Waals surface area contributed by atoms with Crippen LogP contribution in [-0.2, 0) is 25.0 Å². The zero-order valence-electron chi connectivity index (χ0n) is 25.1. The maximum absolute atomic E-state index is 13.9. The van der Waals surface area contributed by atoms with Gasteiger partial charge in [-0.2, -0.15) is 0 Å². The molecule has 42 heavy (non-hydrogen) atoms. The van der Waals surface area contributed by atoms with Crippen molar-refractivity contribution in [3.8, 4) is 0 Å². The molecule has 0 unspecified atom stereocenters. The molecule has 2 N–H and O–H groups in total. The highest BCUT2D eigenvalue weighted by molar-refractivity contribution is 7.88. The highest BCUT2D eigenvalue weighted by Crippen LogP contribution is 2.39. The standard InChI is InChI=1S/C31H43N5O5S/c1-30(2,3)25-14-12-24(13-15-25)28(38)34-20-16-31(17-21-34)29(39)35(23-36(31)26-10-6-5-7-11-26)22-27(37)32-18-8-9-19-33-42(4,40)41/h5-7,10-15,33H,8-9,16-23H2,1-4H3,(H,32,37). The van der Waals surface area contributed by atoms with Crippen molar-refractivity contribution >= 4 is 33.4 Å². The molecule has 2 saturated heterocycles. The molecular weight excluding hydrogens is 554 g/mol. The number of hydrogen-bond donors (Lipinski definition) is 2. The molecule has 0 aromatic heterocycles. The molecule has 0 saturated carbocycles. The average Bonchev–Trinajstić information content (AvgIpc) is 3.20. The zero-order chi connectivity index (χ0) is 30.5. The minimum absolute atomic E-state index is 0.00306. The van der Waals surface area contributed by atoms with E-state index in [-0.39, 0.29) is 36.3 Å². The van der Waals surface area contributed by atoms with E-state index in [1.807, 2.05) is 59.5 Å². The second-order valence-corrected chi connectivity index (χ2v) is 14.1. The third-order valence-corrected chi connectivity index (χ3v) is 8.81. The van der Waals surface area contributed by atoms with Gasteiger partial charge in [0.2, 0.25) is 15.9 Å². The Morgan fingerprint density at radius 3 is 2.14 bits per heavy atom. The molecule has 10 nitrogen and oxygen atoms in total. The minimum atomic E-state index is -3.23. The topological polar surface area (TPSA) is 119 Å². The van der Waals surface area contributed by atoms with Crippen LogP contribution in [0, 0.1) is 0 Å². The summed E-state index contributed by atoms with van der Waals surface area (Å²) >= 11 is 0. The molecule has 0 radical (unpaired) electrons. The van der Waals surface area contributed by atoms with Crippen LogP contribution >= 0.6 is 0 Å². The molecule has 0 bridgehead atoms. The van der Waals surface area contributed by atoms with Crippen molar-refractivity contribution in [2.45, 2.75) is 57.4 Å². The van der Waals surface area contributed by atoms with Crippen molar-refractivity contribution in [3.05, 3.63) is 65.7 Å². The quantitative estimate of drug-likeness (QED) is 0.407. The number of rotatable bonds is 10. The maximum atomic E-state index is 13.9. The number of hydrogen-bond acceptors (Lipinski definition) is 6. The molecular formula is C31H43N5O5S. The second kappa shape index (κ2) is 12.8. The van der Waals surface area contributed by atoms with Crippen molar-refractivity contribution in [3.63, 3.8) is 0 Å². The highest BCUT2D eigenvalue weighted by atomic mass is 32.2. The van der Waals surface area contributed by atoms with Crippen LogP contribution in [-0.4, -0.2) is 87.1 Å². The fourth-order valence-corrected chi connectivity index (χ4v) is 6.18. The lowest BCUT2D eigenvalue weighted by molar-refractivity contribution is -0.137. The molecule has 1 spiro atoms. The first kappa shape index (κ1) is 31.5. The Hall–Kier alpha value is -3.44. The van der Waals surface area contributed by atoms with Gasteiger partial charge in [-0.15, -0.1) is 0 Å². The number of piperidine rings is 1. The number of carbonyl (C=O) groups excluding carboxylic acids is 3. The fraction of sp³-hybridized carbons (Fsp3) is 0.516. The number of anilines is 1. The van der Waals surface area contributed by atoms with Crippen LogP contribution in [0.3, 0.4) is 0 Å². The number of nitrogens with one attached hydrogen (secondary N) is 2. The summed E-state index contributed by atoms with van der Waals surface area (Å²) in [5.41, 5.74) is 1.89. The molecule has 2 aliphatic rings. The number of para-hydroxylation sites is 1. The SMILES string of the molecule is CC(C)(C)c1ccc(C(=O)N2CCC3(CC2)C(=O)N(CC(=O)NCCCCNS(C)(=O)=O)CN3c2ccccc2)cc1. The van der Waals surface area contributed by atoms with E-state index in [0.29, 0.717) is 57.4 Å². The molecule has 11 heteroatoms. The fourth-order valence-electron chi connectivity index (χ4n) is 5.66. The van der Waals surface area contributed by atoms with Gasteiger partial charge < -0.3 is 20.0 Å². The van der Waals surface area contributed by atoms with Gasteiger partial charge in [0.25, 0.3) is 11.8 Å². The number of amides is 3. The predicted octanol–water partition coefficient (Wildman–Crippen LogP) is 2.71. The van der Waals surface area contributed by atoms with Gasteiger partial charge in [0, 0.05) is 37.4 Å². The highest BCUT2D eigenvalue weighted by Gasteiger charge is 2.54. The van der Waals surface area contributed by atoms with Gasteiger partial charge in [-0.25, -0.2) is 13.1 Å². The van der Waals surface area contributed by atoms with E-state index in [1.165, 1.54) is 5.56 Å². The van der Waals surface area contributed by atoms with Crippen LogP contribution < -0.4 is 14.9 Å². The summed E-state index contributed by atoms with van der Waals surface area (Å²) in [4.78, 5) is 45.5. The van der Waals surface area contributed by atoms with E-state index in [0.717, 1.165) is 11.9 Å². The van der Waals surface area contributed by atoms with Crippen LogP contribution in [0.2, 0.25) is 0 Å². The Morgan fingerprint density at radius 2 is 1.55 bits per heavy atom. The summed E-state index contributed by atoms with van der Waals surface area (Å²) in [5.74, 6) is -0.388. The largest absolute Gasteiger partial charge is 0.355 e. The number of nitrogens with zero attached hydrogens (tertiary/aromatic N) is 3. The molecule has 0 aliphatic carbocycles. The summed E-state index contributed by atoms with van der Waals surface area (Å²) in [5, 5.41) is 2.85. The van der Waals surface area contributed by atoms with E-state index in [9.17, 15) is 22.8 Å². The molecule has 3 amide bonds. The normalized spacial score (nSPS) is 17.1. The average molecular weight is 598 g/mol. The number of unbranched alkanes of at least 4 members (excludes halogenated alkanes) is 1. The monoisotopic (exact) mass is 597 g/mol. The predicted molar refractivity (Wildman–Crippen MR) is 164 cm³/mol. The molecule has 2 aromatic carbocycles. The summed E-state index contributed by atoms with van der Waals surface area (Å²) in [7, 11) is -3.23. The molecule has 228 valence electrons. The molecule has 2 aliphatic heterocycles. The molecule has 2 aromatic rings. The van der Waals surface area contributed by atoms with Gasteiger partial charge in [0.1, 0.15) is 12.1 Å². The van der Waals surface area contributed by atoms with Crippen molar-refractivity contribution in [1.82, 2.24) is 19.8 Å². The third-order valence-electron chi connectivity index (χ3n) is 8.08. The summed E-state index contributed by atoms with van der Waals surface area (Å²) in [6.07, 6.45) is 3.26. The number of benzene rings is 2. The van der Waals surface area contributed by atoms with Crippen molar-refractivity contribution in [2.24, 2.45) is 0 Å². The van der Waals surface area contributed by atoms with Gasteiger partial charge in [0.05, 0.1) is 12.9 Å². The smallest absolute Gasteiger partial charge is 0.253 e. The number of sulfonamides is 1. The Kier molecular flexibility index (Phi) is 9.62. The van der Waals surface area contributed by atoms with Gasteiger partial charge >= 0.3 is 0 Å². The van der Waals surface area contributed by atoms with E-state index in [4.69, 9.17) is 0 Å². The van der Waals surface area contributed by atoms with Crippen LogP contribution in [0.1, 0.15) is 62.4 Å². The summed E-state index contributed by atoms with van der Waals surface area (Å²) in [6.45, 7) is 8.24. The molecule has 0 atom stereocenters. The van der Waals surface area contributed by atoms with Crippen LogP contribution in [0.25, 0.3) is 0 Å². The van der Waals surface area contributed by atoms with E-state index in [2.05, 4.69) is 35.7 Å². The van der Waals surface area contributed by atoms with Crippen molar-refractivity contribution in [2.75, 3.05) is 50.5 Å².